The summed E-state index contributed by atoms with van der Waals surface area (Å²) in [6.07, 6.45) is 3.21. The molecule has 0 atom stereocenters. The fourth-order valence-electron chi connectivity index (χ4n) is 1.54. The summed E-state index contributed by atoms with van der Waals surface area (Å²) in [5.74, 6) is -0.626. The van der Waals surface area contributed by atoms with Gasteiger partial charge in [-0.05, 0) is 31.1 Å². The van der Waals surface area contributed by atoms with Crippen LogP contribution >= 0.6 is 0 Å². The molecule has 0 heterocycles. The lowest BCUT2D eigenvalue weighted by atomic mass is 10.1. The van der Waals surface area contributed by atoms with Gasteiger partial charge in [0.2, 0.25) is 5.91 Å². The van der Waals surface area contributed by atoms with Crippen LogP contribution < -0.4 is 0 Å². The zero-order valence-corrected chi connectivity index (χ0v) is 11.6. The maximum Gasteiger partial charge on any atom is 0.325 e. The number of carbonyl (C=O) groups is 2. The maximum atomic E-state index is 11.8. The molecule has 4 heteroatoms. The van der Waals surface area contributed by atoms with Gasteiger partial charge in [-0.1, -0.05) is 24.3 Å². The first-order valence-corrected chi connectivity index (χ1v) is 6.19. The van der Waals surface area contributed by atoms with Crippen LogP contribution in [0.4, 0.5) is 0 Å². The molecule has 1 rings (SSSR count). The number of aryl methyl sites for hydroxylation is 1. The molecule has 1 aromatic rings. The van der Waals surface area contributed by atoms with Crippen LogP contribution in [0.5, 0.6) is 0 Å². The Hall–Kier alpha value is -2.10. The lowest BCUT2D eigenvalue weighted by Gasteiger charge is -2.13. The second-order valence-electron chi connectivity index (χ2n) is 4.19. The van der Waals surface area contributed by atoms with Crippen LogP contribution in [0.3, 0.4) is 0 Å². The first kappa shape index (κ1) is 15.0. The number of likely N-dealkylation sites (N-methyl/N-ethyl adjacent to an activating group) is 1. The smallest absolute Gasteiger partial charge is 0.325 e. The van der Waals surface area contributed by atoms with Crippen molar-refractivity contribution in [2.75, 3.05) is 20.2 Å². The fourth-order valence-corrected chi connectivity index (χ4v) is 1.54. The van der Waals surface area contributed by atoms with E-state index in [0.717, 1.165) is 11.1 Å². The van der Waals surface area contributed by atoms with Crippen LogP contribution in [0.15, 0.2) is 30.3 Å². The van der Waals surface area contributed by atoms with Gasteiger partial charge < -0.3 is 9.64 Å². The topological polar surface area (TPSA) is 46.6 Å². The lowest BCUT2D eigenvalue weighted by Crippen LogP contribution is -2.31. The normalized spacial score (nSPS) is 10.5. The summed E-state index contributed by atoms with van der Waals surface area (Å²) in [7, 11) is 1.57. The minimum Gasteiger partial charge on any atom is -0.465 e. The van der Waals surface area contributed by atoms with E-state index in [4.69, 9.17) is 4.74 Å². The summed E-state index contributed by atoms with van der Waals surface area (Å²) in [5, 5.41) is 0. The quantitative estimate of drug-likeness (QED) is 0.602. The molecule has 1 aromatic carbocycles. The summed E-state index contributed by atoms with van der Waals surface area (Å²) >= 11 is 0. The molecular formula is C15H19NO3. The first-order chi connectivity index (χ1) is 9.04. The zero-order valence-electron chi connectivity index (χ0n) is 11.6. The number of hydrogen-bond acceptors (Lipinski definition) is 3. The van der Waals surface area contributed by atoms with Gasteiger partial charge in [-0.15, -0.1) is 0 Å². The maximum absolute atomic E-state index is 11.8. The first-order valence-electron chi connectivity index (χ1n) is 6.19. The SMILES string of the molecule is CCOC(=O)CN(C)C(=O)/C=C/c1ccccc1C. The largest absolute Gasteiger partial charge is 0.465 e. The van der Waals surface area contributed by atoms with Crippen LogP contribution in [0.2, 0.25) is 0 Å². The number of carbonyl (C=O) groups excluding carboxylic acids is 2. The summed E-state index contributed by atoms with van der Waals surface area (Å²) in [6.45, 7) is 4.00. The van der Waals surface area contributed by atoms with Gasteiger partial charge in [-0.25, -0.2) is 0 Å². The Morgan fingerprint density at radius 2 is 2.00 bits per heavy atom. The van der Waals surface area contributed by atoms with E-state index in [1.807, 2.05) is 31.2 Å². The third kappa shape index (κ3) is 4.95. The summed E-state index contributed by atoms with van der Waals surface area (Å²) < 4.78 is 4.79. The highest BCUT2D eigenvalue weighted by molar-refractivity contribution is 5.93. The van der Waals surface area contributed by atoms with Crippen molar-refractivity contribution in [3.05, 3.63) is 41.5 Å². The Morgan fingerprint density at radius 3 is 2.63 bits per heavy atom. The molecule has 0 aliphatic heterocycles. The zero-order chi connectivity index (χ0) is 14.3. The van der Waals surface area contributed by atoms with Crippen molar-refractivity contribution in [2.24, 2.45) is 0 Å². The third-order valence-electron chi connectivity index (χ3n) is 2.64. The summed E-state index contributed by atoms with van der Waals surface area (Å²) in [4.78, 5) is 24.4. The molecule has 4 nitrogen and oxygen atoms in total. The standard InChI is InChI=1S/C15H19NO3/c1-4-19-15(18)11-16(3)14(17)10-9-13-8-6-5-7-12(13)2/h5-10H,4,11H2,1-3H3/b10-9+. The highest BCUT2D eigenvalue weighted by Crippen LogP contribution is 2.08. The average molecular weight is 261 g/mol. The number of rotatable bonds is 5. The van der Waals surface area contributed by atoms with E-state index in [-0.39, 0.29) is 12.5 Å². The van der Waals surface area contributed by atoms with Gasteiger partial charge in [0.15, 0.2) is 0 Å². The van der Waals surface area contributed by atoms with E-state index in [0.29, 0.717) is 6.61 Å². The van der Waals surface area contributed by atoms with E-state index >= 15 is 0 Å². The van der Waals surface area contributed by atoms with Crippen molar-refractivity contribution in [1.82, 2.24) is 4.90 Å². The Morgan fingerprint density at radius 1 is 1.32 bits per heavy atom. The molecule has 102 valence electrons. The number of esters is 1. The molecule has 0 fully saturated rings. The van der Waals surface area contributed by atoms with Crippen molar-refractivity contribution >= 4 is 18.0 Å². The van der Waals surface area contributed by atoms with Gasteiger partial charge in [0.25, 0.3) is 0 Å². The molecule has 0 saturated heterocycles. The summed E-state index contributed by atoms with van der Waals surface area (Å²) in [6, 6.07) is 7.78. The van der Waals surface area contributed by atoms with Crippen LogP contribution in [-0.2, 0) is 14.3 Å². The number of ether oxygens (including phenoxy) is 1. The minimum atomic E-state index is -0.400. The number of nitrogens with zero attached hydrogens (tertiary/aromatic N) is 1. The molecule has 0 saturated carbocycles. The molecular weight excluding hydrogens is 242 g/mol. The minimum absolute atomic E-state index is 0.0369. The lowest BCUT2D eigenvalue weighted by molar-refractivity contribution is -0.146. The van der Waals surface area contributed by atoms with Crippen LogP contribution in [0, 0.1) is 6.92 Å². The van der Waals surface area contributed by atoms with Gasteiger partial charge >= 0.3 is 5.97 Å². The van der Waals surface area contributed by atoms with E-state index in [1.165, 1.54) is 11.0 Å². The predicted octanol–water partition coefficient (Wildman–Crippen LogP) is 2.03. The van der Waals surface area contributed by atoms with Crippen molar-refractivity contribution in [3.8, 4) is 0 Å². The van der Waals surface area contributed by atoms with E-state index in [1.54, 1.807) is 20.0 Å². The van der Waals surface area contributed by atoms with Crippen molar-refractivity contribution in [1.29, 1.82) is 0 Å². The van der Waals surface area contributed by atoms with Gasteiger partial charge in [0.05, 0.1) is 6.61 Å². The number of hydrogen-bond donors (Lipinski definition) is 0. The number of amides is 1. The predicted molar refractivity (Wildman–Crippen MR) is 74.5 cm³/mol. The van der Waals surface area contributed by atoms with Crippen molar-refractivity contribution in [3.63, 3.8) is 0 Å². The average Bonchev–Trinajstić information content (AvgIpc) is 2.37. The Bertz CT molecular complexity index is 480. The molecule has 0 N–H and O–H groups in total. The molecule has 0 aliphatic rings. The highest BCUT2D eigenvalue weighted by Gasteiger charge is 2.10. The molecule has 0 bridgehead atoms. The molecule has 19 heavy (non-hydrogen) atoms. The Balaban J connectivity index is 2.59. The van der Waals surface area contributed by atoms with Gasteiger partial charge in [0.1, 0.15) is 6.54 Å². The Kier molecular flexibility index (Phi) is 5.79. The van der Waals surface area contributed by atoms with E-state index in [2.05, 4.69) is 0 Å². The Labute approximate surface area is 113 Å². The fraction of sp³-hybridized carbons (Fsp3) is 0.333. The number of benzene rings is 1. The van der Waals surface area contributed by atoms with Crippen molar-refractivity contribution in [2.45, 2.75) is 13.8 Å². The molecule has 0 radical (unpaired) electrons. The van der Waals surface area contributed by atoms with Crippen molar-refractivity contribution < 1.29 is 14.3 Å². The van der Waals surface area contributed by atoms with Crippen LogP contribution in [-0.4, -0.2) is 37.0 Å². The third-order valence-corrected chi connectivity index (χ3v) is 2.64. The van der Waals surface area contributed by atoms with E-state index in [9.17, 15) is 9.59 Å². The molecule has 1 amide bonds. The summed E-state index contributed by atoms with van der Waals surface area (Å²) in [5.41, 5.74) is 2.08. The molecule has 0 aliphatic carbocycles. The molecule has 0 aromatic heterocycles. The van der Waals surface area contributed by atoms with Gasteiger partial charge in [-0.2, -0.15) is 0 Å². The highest BCUT2D eigenvalue weighted by atomic mass is 16.5. The monoisotopic (exact) mass is 261 g/mol. The second-order valence-corrected chi connectivity index (χ2v) is 4.19. The van der Waals surface area contributed by atoms with Crippen LogP contribution in [0.1, 0.15) is 18.1 Å². The molecule has 0 spiro atoms. The second kappa shape index (κ2) is 7.36. The molecule has 0 unspecified atom stereocenters. The van der Waals surface area contributed by atoms with Crippen LogP contribution in [0.25, 0.3) is 6.08 Å². The van der Waals surface area contributed by atoms with Gasteiger partial charge in [0, 0.05) is 13.1 Å². The van der Waals surface area contributed by atoms with Gasteiger partial charge in [-0.3, -0.25) is 9.59 Å². The van der Waals surface area contributed by atoms with E-state index < -0.39 is 5.97 Å².